The van der Waals surface area contributed by atoms with Gasteiger partial charge in [-0.3, -0.25) is 9.69 Å². The average Bonchev–Trinajstić information content (AvgIpc) is 2.89. The molecule has 0 bridgehead atoms. The highest BCUT2D eigenvalue weighted by Gasteiger charge is 2.24. The number of ketones is 1. The summed E-state index contributed by atoms with van der Waals surface area (Å²) in [6.07, 6.45) is 2.47. The average molecular weight is 282 g/mol. The van der Waals surface area contributed by atoms with Crippen LogP contribution in [0.2, 0.25) is 5.02 Å². The Hall–Kier alpha value is -0.900. The minimum absolute atomic E-state index is 0.1000. The number of Topliss-reactive ketones (excluding diaryl/α,β-unsaturated/α-hetero) is 1. The van der Waals surface area contributed by atoms with Gasteiger partial charge in [-0.05, 0) is 38.9 Å². The van der Waals surface area contributed by atoms with Crippen LogP contribution < -0.4 is 0 Å². The molecule has 1 aromatic carbocycles. The molecule has 0 saturated carbocycles. The van der Waals surface area contributed by atoms with Gasteiger partial charge in [0.15, 0.2) is 5.78 Å². The molecular weight excluding hydrogens is 262 g/mol. The molecule has 19 heavy (non-hydrogen) atoms. The first-order valence-corrected chi connectivity index (χ1v) is 7.07. The van der Waals surface area contributed by atoms with E-state index in [0.717, 1.165) is 26.0 Å². The highest BCUT2D eigenvalue weighted by atomic mass is 35.5. The van der Waals surface area contributed by atoms with Crippen LogP contribution in [0.15, 0.2) is 24.3 Å². The molecule has 1 aromatic rings. The van der Waals surface area contributed by atoms with Crippen molar-refractivity contribution in [2.24, 2.45) is 0 Å². The molecule has 2 atom stereocenters. The molecule has 2 unspecified atom stereocenters. The standard InChI is InChI=1S/C15H20ClNO2/c1-11(17(2)10-14-7-4-8-19-14)15(18)12-5-3-6-13(16)9-12/h3,5-6,9,11,14H,4,7-8,10H2,1-2H3. The SMILES string of the molecule is CC(C(=O)c1cccc(Cl)c1)N(C)CC1CCCO1. The highest BCUT2D eigenvalue weighted by Crippen LogP contribution is 2.17. The summed E-state index contributed by atoms with van der Waals surface area (Å²) in [5.74, 6) is 0.1000. The molecule has 0 aromatic heterocycles. The largest absolute Gasteiger partial charge is 0.377 e. The minimum atomic E-state index is -0.164. The Balaban J connectivity index is 1.97. The van der Waals surface area contributed by atoms with Crippen LogP contribution in [0, 0.1) is 0 Å². The van der Waals surface area contributed by atoms with Crippen molar-refractivity contribution in [2.75, 3.05) is 20.2 Å². The number of halogens is 1. The van der Waals surface area contributed by atoms with Gasteiger partial charge in [-0.25, -0.2) is 0 Å². The normalized spacial score (nSPS) is 20.7. The lowest BCUT2D eigenvalue weighted by Crippen LogP contribution is -2.40. The van der Waals surface area contributed by atoms with E-state index in [4.69, 9.17) is 16.3 Å². The molecule has 2 rings (SSSR count). The predicted octanol–water partition coefficient (Wildman–Crippen LogP) is 3.02. The lowest BCUT2D eigenvalue weighted by Gasteiger charge is -2.26. The molecule has 0 spiro atoms. The van der Waals surface area contributed by atoms with Crippen molar-refractivity contribution in [1.29, 1.82) is 0 Å². The third-order valence-electron chi connectivity index (χ3n) is 3.67. The molecule has 1 saturated heterocycles. The van der Waals surface area contributed by atoms with Gasteiger partial charge in [-0.2, -0.15) is 0 Å². The second kappa shape index (κ2) is 6.51. The van der Waals surface area contributed by atoms with Crippen molar-refractivity contribution in [2.45, 2.75) is 31.9 Å². The van der Waals surface area contributed by atoms with E-state index in [9.17, 15) is 4.79 Å². The fourth-order valence-corrected chi connectivity index (χ4v) is 2.54. The summed E-state index contributed by atoms with van der Waals surface area (Å²) in [5.41, 5.74) is 0.666. The monoisotopic (exact) mass is 281 g/mol. The molecule has 0 aliphatic carbocycles. The van der Waals surface area contributed by atoms with Crippen LogP contribution in [0.25, 0.3) is 0 Å². The first kappa shape index (κ1) is 14.5. The van der Waals surface area contributed by atoms with Crippen LogP contribution in [-0.2, 0) is 4.74 Å². The Morgan fingerprint density at radius 2 is 2.37 bits per heavy atom. The summed E-state index contributed by atoms with van der Waals surface area (Å²) in [7, 11) is 1.97. The van der Waals surface area contributed by atoms with E-state index in [-0.39, 0.29) is 17.9 Å². The topological polar surface area (TPSA) is 29.5 Å². The summed E-state index contributed by atoms with van der Waals surface area (Å²) in [6, 6.07) is 6.95. The summed E-state index contributed by atoms with van der Waals surface area (Å²) >= 11 is 5.92. The summed E-state index contributed by atoms with van der Waals surface area (Å²) < 4.78 is 5.60. The van der Waals surface area contributed by atoms with Crippen molar-refractivity contribution in [1.82, 2.24) is 4.90 Å². The zero-order valence-electron chi connectivity index (χ0n) is 11.4. The van der Waals surface area contributed by atoms with E-state index in [2.05, 4.69) is 4.90 Å². The number of benzene rings is 1. The second-order valence-corrected chi connectivity index (χ2v) is 5.56. The Morgan fingerprint density at radius 1 is 1.58 bits per heavy atom. The zero-order chi connectivity index (χ0) is 13.8. The van der Waals surface area contributed by atoms with E-state index in [0.29, 0.717) is 10.6 Å². The van der Waals surface area contributed by atoms with E-state index in [1.54, 1.807) is 12.1 Å². The molecular formula is C15H20ClNO2. The van der Waals surface area contributed by atoms with Crippen LogP contribution >= 0.6 is 11.6 Å². The van der Waals surface area contributed by atoms with Crippen LogP contribution in [0.4, 0.5) is 0 Å². The number of hydrogen-bond donors (Lipinski definition) is 0. The predicted molar refractivity (Wildman–Crippen MR) is 76.8 cm³/mol. The highest BCUT2D eigenvalue weighted by molar-refractivity contribution is 6.31. The number of ether oxygens (including phenoxy) is 1. The molecule has 1 fully saturated rings. The maximum Gasteiger partial charge on any atom is 0.179 e. The van der Waals surface area contributed by atoms with Gasteiger partial charge in [-0.1, -0.05) is 23.7 Å². The first-order valence-electron chi connectivity index (χ1n) is 6.69. The number of carbonyl (C=O) groups excluding carboxylic acids is 1. The maximum atomic E-state index is 12.4. The molecule has 1 heterocycles. The smallest absolute Gasteiger partial charge is 0.179 e. The van der Waals surface area contributed by atoms with Gasteiger partial charge < -0.3 is 4.74 Å². The fraction of sp³-hybridized carbons (Fsp3) is 0.533. The van der Waals surface area contributed by atoms with Crippen LogP contribution in [0.3, 0.4) is 0 Å². The fourth-order valence-electron chi connectivity index (χ4n) is 2.35. The Bertz CT molecular complexity index is 444. The third-order valence-corrected chi connectivity index (χ3v) is 3.90. The zero-order valence-corrected chi connectivity index (χ0v) is 12.2. The van der Waals surface area contributed by atoms with E-state index in [1.807, 2.05) is 26.1 Å². The lowest BCUT2D eigenvalue weighted by molar-refractivity contribution is 0.0620. The lowest BCUT2D eigenvalue weighted by atomic mass is 10.0. The van der Waals surface area contributed by atoms with E-state index >= 15 is 0 Å². The number of likely N-dealkylation sites (N-methyl/N-ethyl adjacent to an activating group) is 1. The molecule has 3 nitrogen and oxygen atoms in total. The van der Waals surface area contributed by atoms with Crippen molar-refractivity contribution in [3.05, 3.63) is 34.9 Å². The maximum absolute atomic E-state index is 12.4. The molecule has 1 aliphatic heterocycles. The van der Waals surface area contributed by atoms with Gasteiger partial charge in [0, 0.05) is 23.7 Å². The van der Waals surface area contributed by atoms with Gasteiger partial charge in [0.2, 0.25) is 0 Å². The van der Waals surface area contributed by atoms with Gasteiger partial charge in [-0.15, -0.1) is 0 Å². The van der Waals surface area contributed by atoms with Crippen molar-refractivity contribution in [3.63, 3.8) is 0 Å². The second-order valence-electron chi connectivity index (χ2n) is 5.13. The first-order chi connectivity index (χ1) is 9.08. The van der Waals surface area contributed by atoms with Crippen molar-refractivity contribution < 1.29 is 9.53 Å². The molecule has 0 N–H and O–H groups in total. The minimum Gasteiger partial charge on any atom is -0.377 e. The van der Waals surface area contributed by atoms with Crippen LogP contribution in [-0.4, -0.2) is 43.0 Å². The third kappa shape index (κ3) is 3.78. The summed E-state index contributed by atoms with van der Waals surface area (Å²) in [4.78, 5) is 14.4. The van der Waals surface area contributed by atoms with Crippen LogP contribution in [0.1, 0.15) is 30.1 Å². The molecule has 4 heteroatoms. The van der Waals surface area contributed by atoms with Crippen LogP contribution in [0.5, 0.6) is 0 Å². The number of nitrogens with zero attached hydrogens (tertiary/aromatic N) is 1. The van der Waals surface area contributed by atoms with Gasteiger partial charge in [0.05, 0.1) is 12.1 Å². The Kier molecular flexibility index (Phi) is 4.97. The molecule has 0 amide bonds. The summed E-state index contributed by atoms with van der Waals surface area (Å²) in [5, 5.41) is 0.597. The van der Waals surface area contributed by atoms with Gasteiger partial charge >= 0.3 is 0 Å². The quantitative estimate of drug-likeness (QED) is 0.777. The number of rotatable bonds is 5. The van der Waals surface area contributed by atoms with E-state index < -0.39 is 0 Å². The van der Waals surface area contributed by atoms with Crippen molar-refractivity contribution >= 4 is 17.4 Å². The number of carbonyl (C=O) groups is 1. The summed E-state index contributed by atoms with van der Waals surface area (Å²) in [6.45, 7) is 3.57. The van der Waals surface area contributed by atoms with E-state index in [1.165, 1.54) is 0 Å². The molecule has 104 valence electrons. The number of hydrogen-bond acceptors (Lipinski definition) is 3. The Morgan fingerprint density at radius 3 is 3.00 bits per heavy atom. The molecule has 0 radical (unpaired) electrons. The van der Waals surface area contributed by atoms with Gasteiger partial charge in [0.1, 0.15) is 0 Å². The van der Waals surface area contributed by atoms with Crippen molar-refractivity contribution in [3.8, 4) is 0 Å². The Labute approximate surface area is 119 Å². The molecule has 1 aliphatic rings. The van der Waals surface area contributed by atoms with Gasteiger partial charge in [0.25, 0.3) is 0 Å².